The molecule has 7 nitrogen and oxygen atoms in total. The van der Waals surface area contributed by atoms with Crippen molar-refractivity contribution in [1.82, 2.24) is 20.4 Å². The third-order valence-corrected chi connectivity index (χ3v) is 5.99. The normalized spacial score (nSPS) is 16.4. The Hall–Kier alpha value is -3.61. The van der Waals surface area contributed by atoms with E-state index >= 15 is 0 Å². The minimum absolute atomic E-state index is 0.0202. The molecule has 0 bridgehead atoms. The van der Waals surface area contributed by atoms with Gasteiger partial charge in [0.2, 0.25) is 5.89 Å². The van der Waals surface area contributed by atoms with Crippen LogP contribution in [-0.4, -0.2) is 53.0 Å². The predicted molar refractivity (Wildman–Crippen MR) is 121 cm³/mol. The fourth-order valence-electron chi connectivity index (χ4n) is 4.17. The zero-order chi connectivity index (χ0) is 26.6. The van der Waals surface area contributed by atoms with Crippen LogP contribution >= 0.6 is 0 Å². The van der Waals surface area contributed by atoms with Gasteiger partial charge in [0, 0.05) is 29.9 Å². The van der Waals surface area contributed by atoms with Crippen molar-refractivity contribution in [2.24, 2.45) is 0 Å². The summed E-state index contributed by atoms with van der Waals surface area (Å²) in [5.74, 6) is -1.91. The van der Waals surface area contributed by atoms with Gasteiger partial charge in [0.1, 0.15) is 11.9 Å². The number of nitrogens with zero attached hydrogens (tertiary/aromatic N) is 4. The van der Waals surface area contributed by atoms with Crippen molar-refractivity contribution in [3.05, 3.63) is 65.8 Å². The maximum Gasteiger partial charge on any atom is 0.404 e. The lowest BCUT2D eigenvalue weighted by molar-refractivity contribution is -0.175. The number of carbonyl (C=O) groups is 1. The molecular formula is C24H23F6N5O2. The number of benzene rings is 2. The maximum atomic E-state index is 14.9. The molecule has 198 valence electrons. The van der Waals surface area contributed by atoms with E-state index in [0.29, 0.717) is 18.7 Å². The molecule has 2 aromatic carbocycles. The second kappa shape index (κ2) is 11.2. The zero-order valence-electron chi connectivity index (χ0n) is 19.4. The molecular weight excluding hydrogens is 504 g/mol. The van der Waals surface area contributed by atoms with Crippen molar-refractivity contribution >= 4 is 11.7 Å². The average Bonchev–Trinajstić information content (AvgIpc) is 3.54. The zero-order valence-corrected chi connectivity index (χ0v) is 19.4. The molecule has 1 N–H and O–H groups in total. The standard InChI is InChI=1S/C24H23F6N5O2/c25-18-13-15(21-32-33-22(37-21)20(26)27)8-9-16(18)14-35(17-5-2-1-3-6-17)23(36)31-10-12-34-11-4-7-19(34)24(28,29)30/h1-3,5-6,8-9,13,19-20H,4,7,10-12,14H2,(H,31,36)/t19-/m0/s1. The minimum atomic E-state index is -4.33. The summed E-state index contributed by atoms with van der Waals surface area (Å²) in [5.41, 5.74) is 0.630. The number of anilines is 1. The van der Waals surface area contributed by atoms with E-state index < -0.39 is 36.4 Å². The van der Waals surface area contributed by atoms with Crippen molar-refractivity contribution in [1.29, 1.82) is 0 Å². The van der Waals surface area contributed by atoms with Gasteiger partial charge >= 0.3 is 18.6 Å². The van der Waals surface area contributed by atoms with E-state index in [1.807, 2.05) is 0 Å². The van der Waals surface area contributed by atoms with Crippen LogP contribution in [0.4, 0.5) is 36.8 Å². The number of para-hydroxylation sites is 1. The largest absolute Gasteiger partial charge is 0.415 e. The predicted octanol–water partition coefficient (Wildman–Crippen LogP) is 5.56. The molecule has 1 saturated heterocycles. The van der Waals surface area contributed by atoms with Crippen molar-refractivity contribution in [3.8, 4) is 11.5 Å². The first-order valence-electron chi connectivity index (χ1n) is 11.4. The molecule has 0 spiro atoms. The van der Waals surface area contributed by atoms with E-state index in [2.05, 4.69) is 15.5 Å². The summed E-state index contributed by atoms with van der Waals surface area (Å²) in [6.07, 6.45) is -6.84. The van der Waals surface area contributed by atoms with Crippen LogP contribution in [0.25, 0.3) is 11.5 Å². The number of aromatic nitrogens is 2. The highest BCUT2D eigenvalue weighted by atomic mass is 19.4. The number of nitrogens with one attached hydrogen (secondary N) is 1. The number of amides is 2. The molecule has 1 atom stereocenters. The van der Waals surface area contributed by atoms with Gasteiger partial charge in [0.15, 0.2) is 0 Å². The van der Waals surface area contributed by atoms with Gasteiger partial charge < -0.3 is 9.73 Å². The summed E-state index contributed by atoms with van der Waals surface area (Å²) in [4.78, 5) is 15.6. The summed E-state index contributed by atoms with van der Waals surface area (Å²) < 4.78 is 84.7. The molecule has 2 amide bonds. The Morgan fingerprint density at radius 2 is 1.92 bits per heavy atom. The third-order valence-electron chi connectivity index (χ3n) is 5.99. The Balaban J connectivity index is 1.46. The minimum Gasteiger partial charge on any atom is -0.415 e. The SMILES string of the molecule is O=C(NCCN1CCC[C@H]1C(F)(F)F)N(Cc1ccc(-c2nnc(C(F)F)o2)cc1F)c1ccccc1. The van der Waals surface area contributed by atoms with Crippen LogP contribution in [0, 0.1) is 5.82 Å². The highest BCUT2D eigenvalue weighted by molar-refractivity contribution is 5.91. The van der Waals surface area contributed by atoms with Crippen molar-refractivity contribution < 1.29 is 35.6 Å². The number of carbonyl (C=O) groups excluding carboxylic acids is 1. The lowest BCUT2D eigenvalue weighted by atomic mass is 10.1. The molecule has 0 aliphatic carbocycles. The van der Waals surface area contributed by atoms with E-state index in [1.54, 1.807) is 30.3 Å². The summed E-state index contributed by atoms with van der Waals surface area (Å²) >= 11 is 0. The molecule has 1 aromatic heterocycles. The van der Waals surface area contributed by atoms with Gasteiger partial charge in [0.05, 0.1) is 6.54 Å². The number of halogens is 6. The quantitative estimate of drug-likeness (QED) is 0.389. The van der Waals surface area contributed by atoms with E-state index in [-0.39, 0.29) is 43.1 Å². The third kappa shape index (κ3) is 6.40. The Labute approximate surface area is 208 Å². The monoisotopic (exact) mass is 527 g/mol. The maximum absolute atomic E-state index is 14.9. The number of urea groups is 1. The van der Waals surface area contributed by atoms with Crippen LogP contribution in [-0.2, 0) is 6.54 Å². The van der Waals surface area contributed by atoms with Gasteiger partial charge in [-0.25, -0.2) is 9.18 Å². The van der Waals surface area contributed by atoms with Crippen LogP contribution in [0.2, 0.25) is 0 Å². The first-order valence-corrected chi connectivity index (χ1v) is 11.4. The molecule has 0 radical (unpaired) electrons. The lowest BCUT2D eigenvalue weighted by Crippen LogP contribution is -2.46. The number of alkyl halides is 5. The van der Waals surface area contributed by atoms with Crippen molar-refractivity contribution in [3.63, 3.8) is 0 Å². The summed E-state index contributed by atoms with van der Waals surface area (Å²) in [6, 6.07) is 10.0. The van der Waals surface area contributed by atoms with Crippen LogP contribution in [0.1, 0.15) is 30.7 Å². The topological polar surface area (TPSA) is 74.5 Å². The van der Waals surface area contributed by atoms with Crippen molar-refractivity contribution in [2.45, 2.75) is 38.0 Å². The van der Waals surface area contributed by atoms with Gasteiger partial charge in [-0.15, -0.1) is 10.2 Å². The summed E-state index contributed by atoms with van der Waals surface area (Å²) in [5, 5.41) is 9.33. The number of hydrogen-bond acceptors (Lipinski definition) is 5. The highest BCUT2D eigenvalue weighted by Crippen LogP contribution is 2.32. The second-order valence-corrected chi connectivity index (χ2v) is 8.44. The summed E-state index contributed by atoms with van der Waals surface area (Å²) in [7, 11) is 0. The average molecular weight is 527 g/mol. The number of hydrogen-bond donors (Lipinski definition) is 1. The summed E-state index contributed by atoms with van der Waals surface area (Å²) in [6.45, 7) is 0.0774. The van der Waals surface area contributed by atoms with Gasteiger partial charge in [-0.2, -0.15) is 22.0 Å². The fourth-order valence-corrected chi connectivity index (χ4v) is 4.17. The van der Waals surface area contributed by atoms with E-state index in [9.17, 15) is 31.1 Å². The first kappa shape index (κ1) is 26.5. The molecule has 0 unspecified atom stereocenters. The van der Waals surface area contributed by atoms with E-state index in [0.717, 1.165) is 6.07 Å². The smallest absolute Gasteiger partial charge is 0.404 e. The Morgan fingerprint density at radius 3 is 2.57 bits per heavy atom. The number of rotatable bonds is 8. The number of likely N-dealkylation sites (tertiary alicyclic amines) is 1. The molecule has 1 aliphatic rings. The molecule has 1 aliphatic heterocycles. The van der Waals surface area contributed by atoms with Crippen LogP contribution < -0.4 is 10.2 Å². The Morgan fingerprint density at radius 1 is 1.16 bits per heavy atom. The second-order valence-electron chi connectivity index (χ2n) is 8.44. The van der Waals surface area contributed by atoms with Crippen LogP contribution in [0.15, 0.2) is 52.9 Å². The van der Waals surface area contributed by atoms with E-state index in [1.165, 1.54) is 21.9 Å². The molecule has 13 heteroatoms. The highest BCUT2D eigenvalue weighted by Gasteiger charge is 2.45. The molecule has 0 saturated carbocycles. The fraction of sp³-hybridized carbons (Fsp3) is 0.375. The Kier molecular flexibility index (Phi) is 8.00. The lowest BCUT2D eigenvalue weighted by Gasteiger charge is -2.27. The van der Waals surface area contributed by atoms with E-state index in [4.69, 9.17) is 4.42 Å². The van der Waals surface area contributed by atoms with Crippen LogP contribution in [0.3, 0.4) is 0 Å². The van der Waals surface area contributed by atoms with Crippen molar-refractivity contribution in [2.75, 3.05) is 24.5 Å². The molecule has 2 heterocycles. The molecule has 3 aromatic rings. The van der Waals surface area contributed by atoms with Gasteiger partial charge in [0.25, 0.3) is 5.89 Å². The molecule has 37 heavy (non-hydrogen) atoms. The first-order chi connectivity index (χ1) is 17.6. The Bertz CT molecular complexity index is 1200. The van der Waals surface area contributed by atoms with Gasteiger partial charge in [-0.05, 0) is 43.7 Å². The van der Waals surface area contributed by atoms with Gasteiger partial charge in [-0.1, -0.05) is 24.3 Å². The van der Waals surface area contributed by atoms with Gasteiger partial charge in [-0.3, -0.25) is 9.80 Å². The molecule has 1 fully saturated rings. The molecule has 4 rings (SSSR count). The van der Waals surface area contributed by atoms with Crippen LogP contribution in [0.5, 0.6) is 0 Å².